The number of hydrogen-bond acceptors (Lipinski definition) is 3. The van der Waals surface area contributed by atoms with Crippen LogP contribution in [-0.2, 0) is 9.59 Å². The van der Waals surface area contributed by atoms with Crippen LogP contribution in [0.2, 0.25) is 0 Å². The van der Waals surface area contributed by atoms with Crippen molar-refractivity contribution in [3.63, 3.8) is 0 Å². The van der Waals surface area contributed by atoms with Gasteiger partial charge in [-0.25, -0.2) is 0 Å². The second-order valence-corrected chi connectivity index (χ2v) is 11.3. The van der Waals surface area contributed by atoms with Crippen molar-refractivity contribution in [2.45, 2.75) is 59.0 Å². The monoisotopic (exact) mass is 475 g/mol. The zero-order chi connectivity index (χ0) is 25.0. The lowest BCUT2D eigenvalue weighted by Crippen LogP contribution is -2.60. The number of carbonyl (C=O) groups excluding carboxylic acids is 2. The van der Waals surface area contributed by atoms with E-state index in [0.717, 1.165) is 45.6 Å². The minimum absolute atomic E-state index is 0.0236. The molecule has 188 valence electrons. The predicted octanol–water partition coefficient (Wildman–Crippen LogP) is 4.98. The lowest BCUT2D eigenvalue weighted by atomic mass is 9.82. The van der Waals surface area contributed by atoms with E-state index in [9.17, 15) is 9.59 Å². The van der Waals surface area contributed by atoms with E-state index in [4.69, 9.17) is 0 Å². The Morgan fingerprint density at radius 3 is 1.89 bits per heavy atom. The highest BCUT2D eigenvalue weighted by Gasteiger charge is 2.40. The van der Waals surface area contributed by atoms with Gasteiger partial charge in [0.05, 0.1) is 6.04 Å². The van der Waals surface area contributed by atoms with Crippen molar-refractivity contribution < 1.29 is 9.59 Å². The van der Waals surface area contributed by atoms with E-state index >= 15 is 0 Å². The van der Waals surface area contributed by atoms with E-state index in [-0.39, 0.29) is 29.3 Å². The van der Waals surface area contributed by atoms with Gasteiger partial charge in [0.25, 0.3) is 0 Å². The molecular weight excluding hydrogens is 434 g/mol. The first-order chi connectivity index (χ1) is 16.7. The van der Waals surface area contributed by atoms with Gasteiger partial charge in [-0.05, 0) is 35.3 Å². The van der Waals surface area contributed by atoms with E-state index < -0.39 is 0 Å². The minimum atomic E-state index is -0.0236. The first kappa shape index (κ1) is 25.4. The summed E-state index contributed by atoms with van der Waals surface area (Å²) in [7, 11) is 0. The molecule has 2 amide bonds. The third kappa shape index (κ3) is 6.13. The van der Waals surface area contributed by atoms with Crippen LogP contribution in [0.3, 0.4) is 0 Å². The van der Waals surface area contributed by atoms with Crippen LogP contribution >= 0.6 is 0 Å². The molecule has 2 heterocycles. The molecule has 0 spiro atoms. The van der Waals surface area contributed by atoms with Crippen LogP contribution in [0.5, 0.6) is 0 Å². The van der Waals surface area contributed by atoms with E-state index in [1.165, 1.54) is 11.1 Å². The number of likely N-dealkylation sites (tertiary alicyclic amines) is 1. The molecule has 0 unspecified atom stereocenters. The fourth-order valence-corrected chi connectivity index (χ4v) is 5.78. The van der Waals surface area contributed by atoms with E-state index in [2.05, 4.69) is 91.2 Å². The summed E-state index contributed by atoms with van der Waals surface area (Å²) in [5.74, 6) is 0.796. The molecule has 2 aromatic carbocycles. The number of rotatable bonds is 5. The summed E-state index contributed by atoms with van der Waals surface area (Å²) in [6, 6.07) is 21.8. The fourth-order valence-electron chi connectivity index (χ4n) is 5.78. The number of carbonyl (C=O) groups is 2. The molecule has 0 radical (unpaired) electrons. The van der Waals surface area contributed by atoms with E-state index in [1.807, 2.05) is 4.90 Å². The number of benzene rings is 2. The number of hydrogen-bond donors (Lipinski definition) is 0. The minimum Gasteiger partial charge on any atom is -0.343 e. The maximum Gasteiger partial charge on any atom is 0.223 e. The summed E-state index contributed by atoms with van der Waals surface area (Å²) in [5.41, 5.74) is 2.57. The average molecular weight is 476 g/mol. The van der Waals surface area contributed by atoms with Crippen LogP contribution in [0.4, 0.5) is 0 Å². The van der Waals surface area contributed by atoms with Gasteiger partial charge in [-0.1, -0.05) is 81.4 Å². The summed E-state index contributed by atoms with van der Waals surface area (Å²) in [4.78, 5) is 31.9. The highest BCUT2D eigenvalue weighted by Crippen LogP contribution is 2.35. The molecule has 4 rings (SSSR count). The van der Waals surface area contributed by atoms with Crippen molar-refractivity contribution in [2.75, 3.05) is 32.7 Å². The molecule has 0 aliphatic carbocycles. The van der Waals surface area contributed by atoms with Gasteiger partial charge in [0, 0.05) is 52.1 Å². The number of piperazine rings is 1. The van der Waals surface area contributed by atoms with Crippen LogP contribution in [0.15, 0.2) is 60.7 Å². The lowest BCUT2D eigenvalue weighted by Gasteiger charge is -2.50. The number of piperidine rings is 1. The predicted molar refractivity (Wildman–Crippen MR) is 141 cm³/mol. The molecule has 0 bridgehead atoms. The van der Waals surface area contributed by atoms with Gasteiger partial charge in [-0.15, -0.1) is 0 Å². The smallest absolute Gasteiger partial charge is 0.223 e. The van der Waals surface area contributed by atoms with Crippen molar-refractivity contribution in [3.8, 4) is 0 Å². The van der Waals surface area contributed by atoms with Gasteiger partial charge in [-0.3, -0.25) is 14.5 Å². The zero-order valence-electron chi connectivity index (χ0n) is 21.8. The first-order valence-electron chi connectivity index (χ1n) is 13.1. The molecule has 2 saturated heterocycles. The summed E-state index contributed by atoms with van der Waals surface area (Å²) < 4.78 is 0. The lowest BCUT2D eigenvalue weighted by molar-refractivity contribution is -0.141. The van der Waals surface area contributed by atoms with E-state index in [1.54, 1.807) is 6.92 Å². The van der Waals surface area contributed by atoms with Crippen molar-refractivity contribution in [1.82, 2.24) is 14.7 Å². The Hall–Kier alpha value is -2.66. The average Bonchev–Trinajstić information content (AvgIpc) is 2.85. The summed E-state index contributed by atoms with van der Waals surface area (Å²) in [5, 5.41) is 0. The van der Waals surface area contributed by atoms with Gasteiger partial charge < -0.3 is 9.80 Å². The van der Waals surface area contributed by atoms with Crippen LogP contribution < -0.4 is 0 Å². The van der Waals surface area contributed by atoms with Gasteiger partial charge >= 0.3 is 0 Å². The Kier molecular flexibility index (Phi) is 7.95. The van der Waals surface area contributed by atoms with Crippen molar-refractivity contribution in [3.05, 3.63) is 71.8 Å². The Morgan fingerprint density at radius 2 is 1.40 bits per heavy atom. The fraction of sp³-hybridized carbons (Fsp3) is 0.533. The van der Waals surface area contributed by atoms with Gasteiger partial charge in [0.2, 0.25) is 11.8 Å². The second kappa shape index (κ2) is 10.9. The van der Waals surface area contributed by atoms with Crippen LogP contribution in [-0.4, -0.2) is 65.3 Å². The normalized spacial score (nSPS) is 20.3. The highest BCUT2D eigenvalue weighted by atomic mass is 16.2. The Morgan fingerprint density at radius 1 is 0.857 bits per heavy atom. The quantitative estimate of drug-likeness (QED) is 0.612. The maximum absolute atomic E-state index is 13.6. The Labute approximate surface area is 211 Å². The molecular formula is C30H41N3O2. The van der Waals surface area contributed by atoms with Crippen LogP contribution in [0.1, 0.15) is 64.1 Å². The molecule has 35 heavy (non-hydrogen) atoms. The molecule has 0 saturated carbocycles. The Balaban J connectivity index is 1.50. The molecule has 0 N–H and O–H groups in total. The SMILES string of the molecule is CC(=O)N1CCC(CC(=O)N2CCN(C(c3ccccc3)c3ccccc3)C[C@@H]2C(C)(C)C)CC1. The first-order valence-corrected chi connectivity index (χ1v) is 13.1. The maximum atomic E-state index is 13.6. The molecule has 0 aromatic heterocycles. The number of amides is 2. The van der Waals surface area contributed by atoms with Crippen LogP contribution in [0.25, 0.3) is 0 Å². The van der Waals surface area contributed by atoms with Crippen LogP contribution in [0, 0.1) is 11.3 Å². The summed E-state index contributed by atoms with van der Waals surface area (Å²) >= 11 is 0. The third-order valence-corrected chi connectivity index (χ3v) is 7.85. The molecule has 1 atom stereocenters. The zero-order valence-corrected chi connectivity index (χ0v) is 21.8. The molecule has 5 heteroatoms. The van der Waals surface area contributed by atoms with Crippen molar-refractivity contribution >= 4 is 11.8 Å². The van der Waals surface area contributed by atoms with E-state index in [0.29, 0.717) is 12.3 Å². The topological polar surface area (TPSA) is 43.9 Å². The van der Waals surface area contributed by atoms with Crippen molar-refractivity contribution in [2.24, 2.45) is 11.3 Å². The van der Waals surface area contributed by atoms with Gasteiger partial charge in [0.1, 0.15) is 0 Å². The molecule has 2 fully saturated rings. The largest absolute Gasteiger partial charge is 0.343 e. The van der Waals surface area contributed by atoms with Gasteiger partial charge in [-0.2, -0.15) is 0 Å². The summed E-state index contributed by atoms with van der Waals surface area (Å²) in [6.45, 7) is 12.4. The Bertz CT molecular complexity index is 938. The standard InChI is InChI=1S/C30H41N3O2/c1-23(34)31-17-15-24(16-18-31)21-28(35)33-20-19-32(22-27(33)30(2,3)4)29(25-11-7-5-8-12-25)26-13-9-6-10-14-26/h5-14,24,27,29H,15-22H2,1-4H3/t27-/m1/s1. The molecule has 5 nitrogen and oxygen atoms in total. The van der Waals surface area contributed by atoms with Crippen molar-refractivity contribution in [1.29, 1.82) is 0 Å². The summed E-state index contributed by atoms with van der Waals surface area (Å²) in [6.07, 6.45) is 2.45. The second-order valence-electron chi connectivity index (χ2n) is 11.3. The molecule has 2 aliphatic heterocycles. The molecule has 2 aliphatic rings. The molecule has 2 aromatic rings. The van der Waals surface area contributed by atoms with Gasteiger partial charge in [0.15, 0.2) is 0 Å². The number of nitrogens with zero attached hydrogens (tertiary/aromatic N) is 3. The highest BCUT2D eigenvalue weighted by molar-refractivity contribution is 5.77. The third-order valence-electron chi connectivity index (χ3n) is 7.85.